The average molecular weight is 313 g/mol. The molecule has 0 unspecified atom stereocenters. The minimum atomic E-state index is 0.682. The first-order valence-electron chi connectivity index (χ1n) is 7.90. The van der Waals surface area contributed by atoms with Gasteiger partial charge >= 0.3 is 0 Å². The van der Waals surface area contributed by atoms with Crippen molar-refractivity contribution >= 4 is 11.4 Å². The summed E-state index contributed by atoms with van der Waals surface area (Å²) in [6.45, 7) is 4.10. The minimum absolute atomic E-state index is 0.682. The van der Waals surface area contributed by atoms with Crippen LogP contribution in [0.2, 0.25) is 0 Å². The van der Waals surface area contributed by atoms with Crippen LogP contribution in [0.25, 0.3) is 0 Å². The lowest BCUT2D eigenvalue weighted by Crippen LogP contribution is -2.36. The van der Waals surface area contributed by atoms with Crippen molar-refractivity contribution in [3.05, 3.63) is 54.1 Å². The first-order chi connectivity index (χ1) is 11.4. The Morgan fingerprint density at radius 3 is 2.61 bits per heavy atom. The van der Waals surface area contributed by atoms with Gasteiger partial charge in [-0.05, 0) is 18.2 Å². The molecule has 5 nitrogen and oxygen atoms in total. The predicted octanol–water partition coefficient (Wildman–Crippen LogP) is 2.65. The molecule has 1 fully saturated rings. The van der Waals surface area contributed by atoms with E-state index in [2.05, 4.69) is 34.0 Å². The summed E-state index contributed by atoms with van der Waals surface area (Å²) in [6.07, 6.45) is 0. The number of anilines is 2. The first-order valence-corrected chi connectivity index (χ1v) is 7.90. The van der Waals surface area contributed by atoms with Crippen LogP contribution in [-0.2, 0) is 11.3 Å². The fourth-order valence-electron chi connectivity index (χ4n) is 2.66. The Morgan fingerprint density at radius 1 is 1.09 bits per heavy atom. The number of methoxy groups -OCH3 is 1. The van der Waals surface area contributed by atoms with Crippen LogP contribution in [0.5, 0.6) is 5.75 Å². The number of morpholine rings is 1. The van der Waals surface area contributed by atoms with Crippen LogP contribution in [-0.4, -0.2) is 33.4 Å². The zero-order chi connectivity index (χ0) is 15.9. The van der Waals surface area contributed by atoms with E-state index < -0.39 is 0 Å². The standard InChI is InChI=1S/C18H23N3O2/c1-22-18-13-17(21-9-11-23-12-10-21)8-7-15(18)14-19-20-16-5-3-2-4-6-16/h2-8,13,19-20H,9-12,14H2,1H3. The van der Waals surface area contributed by atoms with Crippen molar-refractivity contribution < 1.29 is 9.47 Å². The van der Waals surface area contributed by atoms with Crippen LogP contribution in [0.4, 0.5) is 11.4 Å². The maximum atomic E-state index is 5.55. The molecule has 0 radical (unpaired) electrons. The summed E-state index contributed by atoms with van der Waals surface area (Å²) >= 11 is 0. The van der Waals surface area contributed by atoms with E-state index in [9.17, 15) is 0 Å². The molecule has 23 heavy (non-hydrogen) atoms. The van der Waals surface area contributed by atoms with E-state index in [-0.39, 0.29) is 0 Å². The van der Waals surface area contributed by atoms with Crippen molar-refractivity contribution in [2.24, 2.45) is 0 Å². The number of rotatable bonds is 6. The van der Waals surface area contributed by atoms with Crippen LogP contribution in [0.15, 0.2) is 48.5 Å². The van der Waals surface area contributed by atoms with E-state index in [0.717, 1.165) is 43.3 Å². The van der Waals surface area contributed by atoms with Crippen molar-refractivity contribution in [1.29, 1.82) is 0 Å². The zero-order valence-electron chi connectivity index (χ0n) is 13.4. The van der Waals surface area contributed by atoms with E-state index in [4.69, 9.17) is 9.47 Å². The predicted molar refractivity (Wildman–Crippen MR) is 92.9 cm³/mol. The molecule has 0 aliphatic carbocycles. The lowest BCUT2D eigenvalue weighted by Gasteiger charge is -2.29. The van der Waals surface area contributed by atoms with Gasteiger partial charge in [-0.25, -0.2) is 5.43 Å². The van der Waals surface area contributed by atoms with Gasteiger partial charge in [0.25, 0.3) is 0 Å². The average Bonchev–Trinajstić information content (AvgIpc) is 2.63. The number of hydrogen-bond acceptors (Lipinski definition) is 5. The van der Waals surface area contributed by atoms with E-state index >= 15 is 0 Å². The number of para-hydroxylation sites is 1. The van der Waals surface area contributed by atoms with Crippen molar-refractivity contribution in [1.82, 2.24) is 5.43 Å². The smallest absolute Gasteiger partial charge is 0.125 e. The van der Waals surface area contributed by atoms with E-state index in [0.29, 0.717) is 6.54 Å². The van der Waals surface area contributed by atoms with E-state index in [1.165, 1.54) is 5.69 Å². The van der Waals surface area contributed by atoms with Crippen LogP contribution >= 0.6 is 0 Å². The molecule has 0 spiro atoms. The van der Waals surface area contributed by atoms with E-state index in [1.54, 1.807) is 7.11 Å². The SMILES string of the molecule is COc1cc(N2CCOCC2)ccc1CNNc1ccccc1. The van der Waals surface area contributed by atoms with Crippen LogP contribution < -0.4 is 20.5 Å². The molecular formula is C18H23N3O2. The van der Waals surface area contributed by atoms with Crippen molar-refractivity contribution in [3.63, 3.8) is 0 Å². The summed E-state index contributed by atoms with van der Waals surface area (Å²) in [5, 5.41) is 0. The molecule has 122 valence electrons. The molecule has 1 aliphatic rings. The lowest BCUT2D eigenvalue weighted by atomic mass is 10.1. The fraction of sp³-hybridized carbons (Fsp3) is 0.333. The van der Waals surface area contributed by atoms with Gasteiger partial charge in [-0.1, -0.05) is 24.3 Å². The molecule has 1 aliphatic heterocycles. The quantitative estimate of drug-likeness (QED) is 0.803. The molecule has 1 saturated heterocycles. The van der Waals surface area contributed by atoms with Crippen molar-refractivity contribution in [3.8, 4) is 5.75 Å². The summed E-state index contributed by atoms with van der Waals surface area (Å²) in [5.41, 5.74) is 9.76. The summed E-state index contributed by atoms with van der Waals surface area (Å²) in [6, 6.07) is 16.4. The maximum Gasteiger partial charge on any atom is 0.125 e. The summed E-state index contributed by atoms with van der Waals surface area (Å²) in [7, 11) is 1.71. The number of hydrogen-bond donors (Lipinski definition) is 2. The lowest BCUT2D eigenvalue weighted by molar-refractivity contribution is 0.122. The Balaban J connectivity index is 1.62. The van der Waals surface area contributed by atoms with Crippen LogP contribution in [0.1, 0.15) is 5.56 Å². The number of nitrogens with zero attached hydrogens (tertiary/aromatic N) is 1. The Bertz CT molecular complexity index is 613. The van der Waals surface area contributed by atoms with Gasteiger partial charge in [0.2, 0.25) is 0 Å². The molecule has 0 saturated carbocycles. The Labute approximate surface area is 137 Å². The van der Waals surface area contributed by atoms with Gasteiger partial charge in [0.15, 0.2) is 0 Å². The molecule has 2 aromatic carbocycles. The van der Waals surface area contributed by atoms with Crippen LogP contribution in [0, 0.1) is 0 Å². The van der Waals surface area contributed by atoms with Gasteiger partial charge in [0, 0.05) is 42.6 Å². The number of ether oxygens (including phenoxy) is 2. The maximum absolute atomic E-state index is 5.55. The molecule has 2 N–H and O–H groups in total. The molecule has 0 aromatic heterocycles. The number of hydrazine groups is 1. The van der Waals surface area contributed by atoms with Gasteiger partial charge in [-0.15, -0.1) is 0 Å². The topological polar surface area (TPSA) is 45.8 Å². The molecular weight excluding hydrogens is 290 g/mol. The second-order valence-corrected chi connectivity index (χ2v) is 5.44. The van der Waals surface area contributed by atoms with Gasteiger partial charge in [-0.3, -0.25) is 0 Å². The molecule has 1 heterocycles. The molecule has 2 aromatic rings. The number of nitrogens with one attached hydrogen (secondary N) is 2. The fourth-order valence-corrected chi connectivity index (χ4v) is 2.66. The summed E-state index contributed by atoms with van der Waals surface area (Å²) in [5.74, 6) is 0.899. The highest BCUT2D eigenvalue weighted by molar-refractivity contribution is 5.54. The monoisotopic (exact) mass is 313 g/mol. The third kappa shape index (κ3) is 4.15. The molecule has 0 amide bonds. The molecule has 5 heteroatoms. The normalized spacial score (nSPS) is 14.6. The minimum Gasteiger partial charge on any atom is -0.496 e. The van der Waals surface area contributed by atoms with Crippen molar-refractivity contribution in [2.45, 2.75) is 6.54 Å². The second kappa shape index (κ2) is 7.85. The van der Waals surface area contributed by atoms with E-state index in [1.807, 2.05) is 30.3 Å². The van der Waals surface area contributed by atoms with Crippen molar-refractivity contribution in [2.75, 3.05) is 43.7 Å². The Hall–Kier alpha value is -2.24. The highest BCUT2D eigenvalue weighted by Gasteiger charge is 2.13. The largest absolute Gasteiger partial charge is 0.496 e. The zero-order valence-corrected chi connectivity index (χ0v) is 13.4. The highest BCUT2D eigenvalue weighted by Crippen LogP contribution is 2.26. The third-order valence-electron chi connectivity index (χ3n) is 3.93. The second-order valence-electron chi connectivity index (χ2n) is 5.44. The number of benzene rings is 2. The van der Waals surface area contributed by atoms with Crippen LogP contribution in [0.3, 0.4) is 0 Å². The molecule has 0 atom stereocenters. The van der Waals surface area contributed by atoms with Gasteiger partial charge in [-0.2, -0.15) is 0 Å². The molecule has 3 rings (SSSR count). The highest BCUT2D eigenvalue weighted by atomic mass is 16.5. The third-order valence-corrected chi connectivity index (χ3v) is 3.93. The Morgan fingerprint density at radius 2 is 1.87 bits per heavy atom. The Kier molecular flexibility index (Phi) is 5.34. The summed E-state index contributed by atoms with van der Waals surface area (Å²) in [4.78, 5) is 2.32. The first kappa shape index (κ1) is 15.6. The summed E-state index contributed by atoms with van der Waals surface area (Å²) < 4.78 is 11.0. The van der Waals surface area contributed by atoms with Gasteiger partial charge in [0.1, 0.15) is 5.75 Å². The van der Waals surface area contributed by atoms with Gasteiger partial charge in [0.05, 0.1) is 20.3 Å². The van der Waals surface area contributed by atoms with Gasteiger partial charge < -0.3 is 19.8 Å². The molecule has 0 bridgehead atoms.